The highest BCUT2D eigenvalue weighted by atomic mass is 35.5. The average molecular weight is 348 g/mol. The lowest BCUT2D eigenvalue weighted by Gasteiger charge is -2.10. The Kier molecular flexibility index (Phi) is 4.14. The zero-order valence-corrected chi connectivity index (χ0v) is 14.4. The lowest BCUT2D eigenvalue weighted by atomic mass is 10.3. The van der Waals surface area contributed by atoms with Gasteiger partial charge in [-0.3, -0.25) is 9.69 Å². The molecule has 6 nitrogen and oxygen atoms in total. The van der Waals surface area contributed by atoms with Crippen LogP contribution in [0.1, 0.15) is 22.1 Å². The Balaban J connectivity index is 1.90. The van der Waals surface area contributed by atoms with Crippen LogP contribution >= 0.6 is 22.9 Å². The smallest absolute Gasteiger partial charge is 0.284 e. The normalized spacial score (nSPS) is 10.8. The van der Waals surface area contributed by atoms with E-state index in [4.69, 9.17) is 11.6 Å². The number of halogens is 1. The summed E-state index contributed by atoms with van der Waals surface area (Å²) in [4.78, 5) is 22.6. The monoisotopic (exact) mass is 347 g/mol. The number of carbonyl (C=O) groups excluding carboxylic acids is 1. The summed E-state index contributed by atoms with van der Waals surface area (Å²) in [7, 11) is 1.67. The molecule has 2 heterocycles. The van der Waals surface area contributed by atoms with E-state index in [1.54, 1.807) is 30.8 Å². The second-order valence-corrected chi connectivity index (χ2v) is 6.28. The minimum Gasteiger partial charge on any atom is -0.284 e. The van der Waals surface area contributed by atoms with Crippen molar-refractivity contribution in [1.29, 1.82) is 0 Å². The Morgan fingerprint density at radius 2 is 1.91 bits per heavy atom. The molecule has 0 atom stereocenters. The number of benzene rings is 1. The highest BCUT2D eigenvalue weighted by Crippen LogP contribution is 2.20. The summed E-state index contributed by atoms with van der Waals surface area (Å²) in [5.41, 5.74) is 1.67. The number of aromatic nitrogens is 4. The molecule has 0 saturated heterocycles. The Bertz CT molecular complexity index is 855. The summed E-state index contributed by atoms with van der Waals surface area (Å²) in [5, 5.41) is 7.46. The molecule has 0 aliphatic rings. The molecule has 0 unspecified atom stereocenters. The zero-order chi connectivity index (χ0) is 16.6. The molecule has 0 fully saturated rings. The first-order valence-corrected chi connectivity index (χ1v) is 8.11. The lowest BCUT2D eigenvalue weighted by Crippen LogP contribution is -2.27. The predicted molar refractivity (Wildman–Crippen MR) is 90.7 cm³/mol. The van der Waals surface area contributed by atoms with Gasteiger partial charge in [-0.05, 0) is 38.1 Å². The van der Waals surface area contributed by atoms with Crippen molar-refractivity contribution in [1.82, 2.24) is 19.7 Å². The van der Waals surface area contributed by atoms with Crippen molar-refractivity contribution in [2.75, 3.05) is 11.9 Å². The number of nitrogens with zero attached hydrogens (tertiary/aromatic N) is 5. The van der Waals surface area contributed by atoms with Gasteiger partial charge in [-0.25, -0.2) is 14.6 Å². The first-order valence-electron chi connectivity index (χ1n) is 6.85. The fourth-order valence-electron chi connectivity index (χ4n) is 2.04. The van der Waals surface area contributed by atoms with Crippen LogP contribution in [0.25, 0.3) is 5.69 Å². The standard InChI is InChI=1S/C15H14ClN5OS/c1-9-8-23-15(17-9)20(3)14(22)13-18-10(2)21(19-13)12-6-4-11(16)5-7-12/h4-8H,1-3H3. The topological polar surface area (TPSA) is 63.9 Å². The Labute approximate surface area is 142 Å². The fraction of sp³-hybridized carbons (Fsp3) is 0.200. The number of thiazole rings is 1. The highest BCUT2D eigenvalue weighted by molar-refractivity contribution is 7.14. The maximum absolute atomic E-state index is 12.5. The van der Waals surface area contributed by atoms with Crippen molar-refractivity contribution in [2.45, 2.75) is 13.8 Å². The van der Waals surface area contributed by atoms with E-state index in [0.717, 1.165) is 11.4 Å². The van der Waals surface area contributed by atoms with E-state index < -0.39 is 0 Å². The third-order valence-corrected chi connectivity index (χ3v) is 4.52. The summed E-state index contributed by atoms with van der Waals surface area (Å²) < 4.78 is 1.62. The van der Waals surface area contributed by atoms with E-state index in [0.29, 0.717) is 16.0 Å². The van der Waals surface area contributed by atoms with E-state index in [9.17, 15) is 4.79 Å². The van der Waals surface area contributed by atoms with Crippen LogP contribution in [0.3, 0.4) is 0 Å². The molecular weight excluding hydrogens is 334 g/mol. The van der Waals surface area contributed by atoms with Crippen molar-refractivity contribution in [3.05, 3.63) is 52.0 Å². The maximum atomic E-state index is 12.5. The number of aryl methyl sites for hydroxylation is 2. The minimum atomic E-state index is -0.296. The SMILES string of the molecule is Cc1csc(N(C)C(=O)c2nc(C)n(-c3ccc(Cl)cc3)n2)n1. The molecule has 1 aromatic carbocycles. The average Bonchev–Trinajstić information content (AvgIpc) is 3.13. The summed E-state index contributed by atoms with van der Waals surface area (Å²) in [6.07, 6.45) is 0. The Hall–Kier alpha value is -2.25. The molecule has 0 aliphatic carbocycles. The summed E-state index contributed by atoms with van der Waals surface area (Å²) in [6, 6.07) is 7.19. The van der Waals surface area contributed by atoms with Gasteiger partial charge in [0.1, 0.15) is 5.82 Å². The Morgan fingerprint density at radius 1 is 1.22 bits per heavy atom. The highest BCUT2D eigenvalue weighted by Gasteiger charge is 2.21. The van der Waals surface area contributed by atoms with Crippen molar-refractivity contribution in [3.8, 4) is 5.69 Å². The van der Waals surface area contributed by atoms with E-state index in [1.807, 2.05) is 24.4 Å². The second kappa shape index (κ2) is 6.10. The van der Waals surface area contributed by atoms with Crippen molar-refractivity contribution >= 4 is 34.0 Å². The van der Waals surface area contributed by atoms with Crippen molar-refractivity contribution in [2.24, 2.45) is 0 Å². The van der Waals surface area contributed by atoms with Gasteiger partial charge in [0.05, 0.1) is 11.4 Å². The molecule has 0 aliphatic heterocycles. The van der Waals surface area contributed by atoms with Gasteiger partial charge in [0.25, 0.3) is 5.91 Å². The van der Waals surface area contributed by atoms with Gasteiger partial charge in [0, 0.05) is 17.5 Å². The molecule has 0 bridgehead atoms. The number of anilines is 1. The maximum Gasteiger partial charge on any atom is 0.299 e. The largest absolute Gasteiger partial charge is 0.299 e. The predicted octanol–water partition coefficient (Wildman–Crippen LogP) is 3.27. The summed E-state index contributed by atoms with van der Waals surface area (Å²) in [6.45, 7) is 3.68. The van der Waals surface area contributed by atoms with Crippen molar-refractivity contribution < 1.29 is 4.79 Å². The molecule has 118 valence electrons. The van der Waals surface area contributed by atoms with Gasteiger partial charge in [-0.2, -0.15) is 0 Å². The molecule has 3 aromatic rings. The molecule has 8 heteroatoms. The second-order valence-electron chi connectivity index (χ2n) is 5.01. The quantitative estimate of drug-likeness (QED) is 0.729. The van der Waals surface area contributed by atoms with Gasteiger partial charge in [-0.1, -0.05) is 11.6 Å². The van der Waals surface area contributed by atoms with Gasteiger partial charge in [-0.15, -0.1) is 16.4 Å². The number of rotatable bonds is 3. The van der Waals surface area contributed by atoms with Crippen LogP contribution in [0.4, 0.5) is 5.13 Å². The molecule has 2 aromatic heterocycles. The molecule has 3 rings (SSSR count). The molecule has 23 heavy (non-hydrogen) atoms. The van der Waals surface area contributed by atoms with Crippen LogP contribution in [0.5, 0.6) is 0 Å². The summed E-state index contributed by atoms with van der Waals surface area (Å²) in [5.74, 6) is 0.461. The molecule has 0 N–H and O–H groups in total. The molecular formula is C15H14ClN5OS. The number of hydrogen-bond donors (Lipinski definition) is 0. The van der Waals surface area contributed by atoms with Gasteiger partial charge in [0.2, 0.25) is 5.82 Å². The molecule has 0 saturated carbocycles. The van der Waals surface area contributed by atoms with E-state index in [1.165, 1.54) is 16.2 Å². The van der Waals surface area contributed by atoms with Crippen LogP contribution < -0.4 is 4.90 Å². The molecule has 0 radical (unpaired) electrons. The van der Waals surface area contributed by atoms with E-state index >= 15 is 0 Å². The van der Waals surface area contributed by atoms with Crippen LogP contribution in [0.15, 0.2) is 29.6 Å². The van der Waals surface area contributed by atoms with Gasteiger partial charge >= 0.3 is 0 Å². The molecule has 0 spiro atoms. The van der Waals surface area contributed by atoms with Crippen LogP contribution in [0.2, 0.25) is 5.02 Å². The van der Waals surface area contributed by atoms with E-state index in [-0.39, 0.29) is 11.7 Å². The minimum absolute atomic E-state index is 0.132. The van der Waals surface area contributed by atoms with Gasteiger partial charge < -0.3 is 0 Å². The fourth-order valence-corrected chi connectivity index (χ4v) is 2.93. The van der Waals surface area contributed by atoms with Crippen molar-refractivity contribution in [3.63, 3.8) is 0 Å². The lowest BCUT2D eigenvalue weighted by molar-refractivity contribution is 0.0983. The zero-order valence-electron chi connectivity index (χ0n) is 12.8. The van der Waals surface area contributed by atoms with Crippen LogP contribution in [0, 0.1) is 13.8 Å². The number of amides is 1. The third kappa shape index (κ3) is 3.11. The third-order valence-electron chi connectivity index (χ3n) is 3.23. The van der Waals surface area contributed by atoms with Crippen LogP contribution in [-0.4, -0.2) is 32.7 Å². The van der Waals surface area contributed by atoms with E-state index in [2.05, 4.69) is 15.1 Å². The molecule has 1 amide bonds. The van der Waals surface area contributed by atoms with Gasteiger partial charge in [0.15, 0.2) is 5.13 Å². The van der Waals surface area contributed by atoms with Crippen LogP contribution in [-0.2, 0) is 0 Å². The Morgan fingerprint density at radius 3 is 2.52 bits per heavy atom. The number of hydrogen-bond acceptors (Lipinski definition) is 5. The first kappa shape index (κ1) is 15.6. The first-order chi connectivity index (χ1) is 11.0. The summed E-state index contributed by atoms with van der Waals surface area (Å²) >= 11 is 7.30. The number of carbonyl (C=O) groups is 1.